The van der Waals surface area contributed by atoms with E-state index in [0.717, 1.165) is 11.1 Å². The van der Waals surface area contributed by atoms with Gasteiger partial charge >= 0.3 is 6.09 Å². The molecule has 2 aromatic heterocycles. The average molecular weight is 987 g/mol. The van der Waals surface area contributed by atoms with Crippen LogP contribution in [0.3, 0.4) is 0 Å². The highest BCUT2D eigenvalue weighted by atomic mass is 32.2. The SMILES string of the molecule is COc1ccc(CN(Cc2ccc(OC)cc2)S(=O)(=O)c2c(S(=O)(=O)N[C@H](C)CNC(=O)OCc3ccccc3)ccc(-c3cccc4[nH]c(N)nc34)c2-c2nnn(Cc3ccc(OC)cc3)n2)cc1. The van der Waals surface area contributed by atoms with E-state index in [9.17, 15) is 4.79 Å². The number of rotatable bonds is 20. The van der Waals surface area contributed by atoms with E-state index < -0.39 is 42.0 Å². The van der Waals surface area contributed by atoms with Crippen molar-refractivity contribution >= 4 is 43.1 Å². The number of fused-ring (bicyclic) bond motifs is 1. The normalized spacial score (nSPS) is 12.2. The summed E-state index contributed by atoms with van der Waals surface area (Å²) >= 11 is 0. The minimum absolute atomic E-state index is 0.00990. The van der Waals surface area contributed by atoms with Gasteiger partial charge < -0.3 is 35.0 Å². The van der Waals surface area contributed by atoms with E-state index in [4.69, 9.17) is 29.8 Å². The van der Waals surface area contributed by atoms with Crippen LogP contribution in [0, 0.1) is 0 Å². The van der Waals surface area contributed by atoms with Crippen molar-refractivity contribution in [2.75, 3.05) is 33.6 Å². The van der Waals surface area contributed by atoms with Crippen LogP contribution in [0.25, 0.3) is 33.5 Å². The highest BCUT2D eigenvalue weighted by Gasteiger charge is 2.38. The number of aromatic amines is 1. The van der Waals surface area contributed by atoms with Gasteiger partial charge in [0, 0.05) is 31.2 Å². The first kappa shape index (κ1) is 48.6. The molecule has 0 bridgehead atoms. The van der Waals surface area contributed by atoms with Gasteiger partial charge in [0.2, 0.25) is 25.9 Å². The largest absolute Gasteiger partial charge is 0.497 e. The summed E-state index contributed by atoms with van der Waals surface area (Å²) in [5.41, 5.74) is 10.2. The van der Waals surface area contributed by atoms with Gasteiger partial charge in [-0.1, -0.05) is 84.9 Å². The molecule has 0 unspecified atom stereocenters. The van der Waals surface area contributed by atoms with Gasteiger partial charge in [0.15, 0.2) is 5.95 Å². The van der Waals surface area contributed by atoms with Crippen LogP contribution >= 0.6 is 0 Å². The Balaban J connectivity index is 1.30. The number of nitrogens with zero attached hydrogens (tertiary/aromatic N) is 6. The van der Waals surface area contributed by atoms with Crippen LogP contribution in [0.1, 0.15) is 29.2 Å². The number of hydrogen-bond donors (Lipinski definition) is 4. The molecule has 2 heterocycles. The molecular formula is C49H50N10O9S2. The molecule has 0 aliphatic carbocycles. The van der Waals surface area contributed by atoms with Crippen LogP contribution < -0.4 is 30.0 Å². The topological polar surface area (TPSA) is 248 Å². The first-order valence-electron chi connectivity index (χ1n) is 21.8. The van der Waals surface area contributed by atoms with Gasteiger partial charge in [-0.15, -0.1) is 10.2 Å². The predicted octanol–water partition coefficient (Wildman–Crippen LogP) is 6.52. The first-order chi connectivity index (χ1) is 33.7. The van der Waals surface area contributed by atoms with Gasteiger partial charge in [-0.2, -0.15) is 9.10 Å². The third-order valence-electron chi connectivity index (χ3n) is 11.1. The summed E-state index contributed by atoms with van der Waals surface area (Å²) < 4.78 is 87.5. The van der Waals surface area contributed by atoms with Crippen molar-refractivity contribution in [1.29, 1.82) is 0 Å². The molecule has 19 nitrogen and oxygen atoms in total. The fraction of sp³-hybridized carbons (Fsp3) is 0.204. The summed E-state index contributed by atoms with van der Waals surface area (Å²) in [6, 6.07) is 36.9. The van der Waals surface area contributed by atoms with Crippen LogP contribution in [0.5, 0.6) is 17.2 Å². The Kier molecular flexibility index (Phi) is 14.7. The molecule has 362 valence electrons. The maximum atomic E-state index is 16.1. The van der Waals surface area contributed by atoms with E-state index in [0.29, 0.717) is 45.0 Å². The lowest BCUT2D eigenvalue weighted by Gasteiger charge is -2.26. The number of carbonyl (C=O) groups excluding carboxylic acids is 1. The molecule has 5 N–H and O–H groups in total. The molecule has 0 fully saturated rings. The zero-order valence-electron chi connectivity index (χ0n) is 38.6. The fourth-order valence-electron chi connectivity index (χ4n) is 7.66. The summed E-state index contributed by atoms with van der Waals surface area (Å²) in [5.74, 6) is 1.63. The third kappa shape index (κ3) is 11.2. The number of nitrogens with one attached hydrogen (secondary N) is 3. The monoisotopic (exact) mass is 986 g/mol. The van der Waals surface area contributed by atoms with Gasteiger partial charge in [0.1, 0.15) is 33.6 Å². The van der Waals surface area contributed by atoms with E-state index in [1.807, 2.05) is 30.3 Å². The van der Waals surface area contributed by atoms with E-state index in [-0.39, 0.29) is 55.7 Å². The second-order valence-corrected chi connectivity index (χ2v) is 19.6. The van der Waals surface area contributed by atoms with Gasteiger partial charge in [-0.25, -0.2) is 31.3 Å². The average Bonchev–Trinajstić information content (AvgIpc) is 4.00. The van der Waals surface area contributed by atoms with Crippen molar-refractivity contribution < 1.29 is 40.6 Å². The molecule has 0 saturated carbocycles. The molecule has 6 aromatic carbocycles. The highest BCUT2D eigenvalue weighted by molar-refractivity contribution is 7.92. The van der Waals surface area contributed by atoms with Crippen LogP contribution in [0.15, 0.2) is 143 Å². The zero-order chi connectivity index (χ0) is 49.4. The number of carbonyl (C=O) groups is 1. The number of hydrogen-bond acceptors (Lipinski definition) is 14. The smallest absolute Gasteiger partial charge is 0.407 e. The number of imidazole rings is 1. The standard InChI is InChI=1S/C49H50N10O9S2/c1-32(27-51-49(60)68-31-36-9-6-5-7-10-36)56-69(61,62)43-26-25-40(41-11-8-12-42-45(41)53-48(50)52-42)44(47-54-57-59(55-47)30-35-17-23-39(67-4)24-18-35)46(43)70(63,64)58(28-33-13-19-37(65-2)20-14-33)29-34-15-21-38(66-3)22-16-34/h5-26,32,56H,27-31H2,1-4H3,(H,51,60)(H3,50,52,53)/t32-/m1/s1. The lowest BCUT2D eigenvalue weighted by molar-refractivity contribution is 0.139. The maximum absolute atomic E-state index is 16.1. The van der Waals surface area contributed by atoms with Gasteiger partial charge in [-0.3, -0.25) is 0 Å². The van der Waals surface area contributed by atoms with Crippen molar-refractivity contribution in [3.8, 4) is 39.8 Å². The number of benzene rings is 6. The van der Waals surface area contributed by atoms with Crippen molar-refractivity contribution in [3.05, 3.63) is 156 Å². The summed E-state index contributed by atoms with van der Waals surface area (Å²) in [5, 5.41) is 16.1. The predicted molar refractivity (Wildman–Crippen MR) is 262 cm³/mol. The number of tetrazole rings is 1. The van der Waals surface area contributed by atoms with Gasteiger partial charge in [0.05, 0.1) is 44.5 Å². The van der Waals surface area contributed by atoms with E-state index in [1.54, 1.807) is 98.1 Å². The number of alkyl carbamates (subject to hydrolysis) is 1. The molecule has 0 aliphatic heterocycles. The summed E-state index contributed by atoms with van der Waals surface area (Å²) in [7, 11) is -5.18. The fourth-order valence-corrected chi connectivity index (χ4v) is 11.3. The summed E-state index contributed by atoms with van der Waals surface area (Å²) in [4.78, 5) is 20.3. The van der Waals surface area contributed by atoms with Crippen LogP contribution in [-0.4, -0.2) is 91.3 Å². The molecule has 0 spiro atoms. The number of sulfonamides is 2. The Morgan fingerprint density at radius 2 is 1.33 bits per heavy atom. The Bertz CT molecular complexity index is 3270. The van der Waals surface area contributed by atoms with Crippen molar-refractivity contribution in [2.45, 2.75) is 49.0 Å². The summed E-state index contributed by atoms with van der Waals surface area (Å²) in [6.45, 7) is 0.966. The molecule has 1 amide bonds. The van der Waals surface area contributed by atoms with Crippen molar-refractivity contribution in [1.82, 2.24) is 44.5 Å². The zero-order valence-corrected chi connectivity index (χ0v) is 40.2. The number of para-hydroxylation sites is 1. The molecular weight excluding hydrogens is 937 g/mol. The Hall–Kier alpha value is -7.85. The number of H-pyrrole nitrogens is 1. The van der Waals surface area contributed by atoms with Crippen LogP contribution in [-0.2, 0) is 51.0 Å². The number of ether oxygens (including phenoxy) is 4. The molecule has 8 aromatic rings. The highest BCUT2D eigenvalue weighted by Crippen LogP contribution is 2.43. The lowest BCUT2D eigenvalue weighted by Crippen LogP contribution is -2.42. The second kappa shape index (κ2) is 21.2. The summed E-state index contributed by atoms with van der Waals surface area (Å²) in [6.07, 6.45) is -0.783. The number of nitrogens with two attached hydrogens (primary N) is 1. The Labute approximate surface area is 404 Å². The molecule has 8 rings (SSSR count). The molecule has 0 aliphatic rings. The quantitative estimate of drug-likeness (QED) is 0.0635. The Morgan fingerprint density at radius 3 is 1.93 bits per heavy atom. The third-order valence-corrected chi connectivity index (χ3v) is 14.8. The molecule has 70 heavy (non-hydrogen) atoms. The van der Waals surface area contributed by atoms with E-state index in [2.05, 4.69) is 30.3 Å². The number of aromatic nitrogens is 6. The number of amides is 1. The molecule has 0 saturated heterocycles. The Morgan fingerprint density at radius 1 is 0.729 bits per heavy atom. The number of nitrogen functional groups attached to an aromatic ring is 1. The lowest BCUT2D eigenvalue weighted by atomic mass is 9.98. The minimum Gasteiger partial charge on any atom is -0.497 e. The first-order valence-corrected chi connectivity index (χ1v) is 24.7. The number of methoxy groups -OCH3 is 3. The van der Waals surface area contributed by atoms with Crippen molar-refractivity contribution in [2.24, 2.45) is 0 Å². The van der Waals surface area contributed by atoms with Crippen molar-refractivity contribution in [3.63, 3.8) is 0 Å². The maximum Gasteiger partial charge on any atom is 0.407 e. The van der Waals surface area contributed by atoms with Gasteiger partial charge in [0.25, 0.3) is 0 Å². The van der Waals surface area contributed by atoms with E-state index >= 15 is 16.8 Å². The number of anilines is 1. The molecule has 0 radical (unpaired) electrons. The van der Waals surface area contributed by atoms with Gasteiger partial charge in [-0.05, 0) is 88.5 Å². The van der Waals surface area contributed by atoms with Crippen LogP contribution in [0.2, 0.25) is 0 Å². The second-order valence-electron chi connectivity index (χ2n) is 16.1. The molecule has 1 atom stereocenters. The molecule has 21 heteroatoms. The van der Waals surface area contributed by atoms with Crippen LogP contribution in [0.4, 0.5) is 10.7 Å². The van der Waals surface area contributed by atoms with E-state index in [1.165, 1.54) is 42.4 Å². The minimum atomic E-state index is -4.97.